The molecule has 5 nitrogen and oxygen atoms in total. The maximum atomic E-state index is 11.7. The molecule has 0 aliphatic carbocycles. The third-order valence-corrected chi connectivity index (χ3v) is 3.51. The maximum Gasteiger partial charge on any atom is 0.249 e. The fourth-order valence-electron chi connectivity index (χ4n) is 2.14. The molecule has 0 aliphatic heterocycles. The molecule has 6 heteroatoms. The normalized spacial score (nSPS) is 10.8. The molecule has 1 aromatic heterocycles. The van der Waals surface area contributed by atoms with E-state index < -0.39 is 10.9 Å². The van der Waals surface area contributed by atoms with Crippen molar-refractivity contribution in [3.8, 4) is 16.9 Å². The number of hydrogen-bond donors (Lipinski definition) is 1. The van der Waals surface area contributed by atoms with Crippen LogP contribution in [0.4, 0.5) is 5.69 Å². The van der Waals surface area contributed by atoms with Crippen LogP contribution in [0.25, 0.3) is 11.1 Å². The molecule has 3 aromatic rings. The largest absolute Gasteiger partial charge is 0.488 e. The highest BCUT2D eigenvalue weighted by molar-refractivity contribution is 6.30. The lowest BCUT2D eigenvalue weighted by molar-refractivity contribution is 0.307. The van der Waals surface area contributed by atoms with Crippen molar-refractivity contribution in [2.45, 2.75) is 6.61 Å². The maximum absolute atomic E-state index is 11.7. The molecule has 22 heavy (non-hydrogen) atoms. The molecule has 0 radical (unpaired) electrons. The Kier molecular flexibility index (Phi) is 3.65. The van der Waals surface area contributed by atoms with Gasteiger partial charge in [0.1, 0.15) is 12.4 Å². The molecule has 110 valence electrons. The highest BCUT2D eigenvalue weighted by Gasteiger charge is 2.22. The SMILES string of the molecule is Nc1c(-c2ccc(Cl)cc2OCc2cccnc2)c(=O)c1=O. The van der Waals surface area contributed by atoms with Crippen LogP contribution in [0.5, 0.6) is 5.75 Å². The average molecular weight is 315 g/mol. The third-order valence-electron chi connectivity index (χ3n) is 3.28. The standard InChI is InChI=1S/C16H11ClN2O3/c17-10-3-4-11(13-14(18)16(21)15(13)20)12(6-10)22-8-9-2-1-5-19-7-9/h1-7H,8,18H2. The predicted molar refractivity (Wildman–Crippen MR) is 84.8 cm³/mol. The van der Waals surface area contributed by atoms with Crippen LogP contribution in [-0.4, -0.2) is 4.98 Å². The number of halogens is 1. The van der Waals surface area contributed by atoms with Gasteiger partial charge in [-0.15, -0.1) is 0 Å². The van der Waals surface area contributed by atoms with E-state index in [1.165, 1.54) is 0 Å². The second-order valence-corrected chi connectivity index (χ2v) is 5.17. The van der Waals surface area contributed by atoms with Crippen LogP contribution in [-0.2, 0) is 6.61 Å². The van der Waals surface area contributed by atoms with Crippen molar-refractivity contribution in [3.05, 3.63) is 73.8 Å². The minimum Gasteiger partial charge on any atom is -0.488 e. The second kappa shape index (κ2) is 5.61. The number of ether oxygens (including phenoxy) is 1. The van der Waals surface area contributed by atoms with Crippen LogP contribution in [0.1, 0.15) is 5.56 Å². The quantitative estimate of drug-likeness (QED) is 0.746. The Balaban J connectivity index is 1.96. The first kappa shape index (κ1) is 14.3. The third kappa shape index (κ3) is 2.46. The van der Waals surface area contributed by atoms with Gasteiger partial charge in [-0.25, -0.2) is 0 Å². The molecule has 0 unspecified atom stereocenters. The number of benzene rings is 1. The molecule has 0 aliphatic rings. The molecule has 0 saturated carbocycles. The predicted octanol–water partition coefficient (Wildman–Crippen LogP) is 2.16. The van der Waals surface area contributed by atoms with E-state index >= 15 is 0 Å². The minimum atomic E-state index is -0.664. The average Bonchev–Trinajstić information content (AvgIpc) is 2.55. The van der Waals surface area contributed by atoms with Crippen molar-refractivity contribution in [2.75, 3.05) is 5.73 Å². The lowest BCUT2D eigenvalue weighted by Gasteiger charge is -2.14. The van der Waals surface area contributed by atoms with E-state index in [4.69, 9.17) is 22.1 Å². The Morgan fingerprint density at radius 3 is 2.68 bits per heavy atom. The summed E-state index contributed by atoms with van der Waals surface area (Å²) in [6.45, 7) is 0.260. The smallest absolute Gasteiger partial charge is 0.249 e. The summed E-state index contributed by atoms with van der Waals surface area (Å²) >= 11 is 5.97. The summed E-state index contributed by atoms with van der Waals surface area (Å²) in [5.41, 5.74) is 5.82. The van der Waals surface area contributed by atoms with Gasteiger partial charge < -0.3 is 10.5 Å². The van der Waals surface area contributed by atoms with Crippen molar-refractivity contribution in [1.82, 2.24) is 4.98 Å². The van der Waals surface area contributed by atoms with Gasteiger partial charge in [-0.2, -0.15) is 0 Å². The van der Waals surface area contributed by atoms with E-state index in [1.807, 2.05) is 6.07 Å². The second-order valence-electron chi connectivity index (χ2n) is 4.74. The molecule has 1 heterocycles. The molecule has 0 amide bonds. The van der Waals surface area contributed by atoms with Gasteiger partial charge in [-0.1, -0.05) is 17.7 Å². The van der Waals surface area contributed by atoms with Crippen molar-refractivity contribution in [3.63, 3.8) is 0 Å². The first-order valence-electron chi connectivity index (χ1n) is 6.48. The Morgan fingerprint density at radius 2 is 2.00 bits per heavy atom. The number of aromatic nitrogens is 1. The zero-order valence-corrected chi connectivity index (χ0v) is 12.1. The van der Waals surface area contributed by atoms with Gasteiger partial charge in [0.05, 0.1) is 11.3 Å². The molecular weight excluding hydrogens is 304 g/mol. The fourth-order valence-corrected chi connectivity index (χ4v) is 2.31. The van der Waals surface area contributed by atoms with Crippen molar-refractivity contribution in [2.24, 2.45) is 0 Å². The Bertz CT molecular complexity index is 900. The van der Waals surface area contributed by atoms with Crippen molar-refractivity contribution >= 4 is 17.3 Å². The number of hydrogen-bond acceptors (Lipinski definition) is 5. The van der Waals surface area contributed by atoms with E-state index in [2.05, 4.69) is 4.98 Å². The van der Waals surface area contributed by atoms with E-state index in [0.717, 1.165) is 5.56 Å². The number of nitrogens with two attached hydrogens (primary N) is 1. The van der Waals surface area contributed by atoms with Crippen LogP contribution in [0.3, 0.4) is 0 Å². The zero-order chi connectivity index (χ0) is 15.7. The summed E-state index contributed by atoms with van der Waals surface area (Å²) in [6.07, 6.45) is 3.34. The number of rotatable bonds is 4. The summed E-state index contributed by atoms with van der Waals surface area (Å²) < 4.78 is 5.72. The molecule has 0 atom stereocenters. The van der Waals surface area contributed by atoms with Crippen LogP contribution in [0.15, 0.2) is 52.3 Å². The van der Waals surface area contributed by atoms with Crippen molar-refractivity contribution < 1.29 is 4.74 Å². The Labute approximate surface area is 130 Å². The molecule has 0 bridgehead atoms. The van der Waals surface area contributed by atoms with Crippen LogP contribution < -0.4 is 21.3 Å². The van der Waals surface area contributed by atoms with E-state index in [0.29, 0.717) is 16.3 Å². The summed E-state index contributed by atoms with van der Waals surface area (Å²) in [5.74, 6) is 0.398. The van der Waals surface area contributed by atoms with E-state index in [-0.39, 0.29) is 17.9 Å². The molecule has 0 saturated heterocycles. The number of anilines is 1. The van der Waals surface area contributed by atoms with Crippen LogP contribution >= 0.6 is 11.6 Å². The van der Waals surface area contributed by atoms with Crippen LogP contribution in [0.2, 0.25) is 5.02 Å². The number of nitrogen functional groups attached to an aromatic ring is 1. The lowest BCUT2D eigenvalue weighted by Crippen LogP contribution is -2.35. The van der Waals surface area contributed by atoms with Gasteiger partial charge in [0.25, 0.3) is 0 Å². The summed E-state index contributed by atoms with van der Waals surface area (Å²) in [4.78, 5) is 27.0. The molecule has 0 spiro atoms. The topological polar surface area (TPSA) is 82.3 Å². The minimum absolute atomic E-state index is 0.0430. The van der Waals surface area contributed by atoms with Crippen LogP contribution in [0, 0.1) is 0 Å². The van der Waals surface area contributed by atoms with E-state index in [9.17, 15) is 9.59 Å². The van der Waals surface area contributed by atoms with Gasteiger partial charge in [0, 0.05) is 28.5 Å². The summed E-state index contributed by atoms with van der Waals surface area (Å²) in [7, 11) is 0. The molecule has 0 fully saturated rings. The van der Waals surface area contributed by atoms with Gasteiger partial charge in [0.15, 0.2) is 0 Å². The first-order chi connectivity index (χ1) is 10.6. The zero-order valence-electron chi connectivity index (χ0n) is 11.4. The van der Waals surface area contributed by atoms with E-state index in [1.54, 1.807) is 36.7 Å². The fraction of sp³-hybridized carbons (Fsp3) is 0.0625. The first-order valence-corrected chi connectivity index (χ1v) is 6.86. The van der Waals surface area contributed by atoms with Gasteiger partial charge in [-0.3, -0.25) is 14.6 Å². The molecule has 3 rings (SSSR count). The van der Waals surface area contributed by atoms with Gasteiger partial charge >= 0.3 is 0 Å². The monoisotopic (exact) mass is 314 g/mol. The molecular formula is C16H11ClN2O3. The Hall–Kier alpha value is -2.66. The van der Waals surface area contributed by atoms with Gasteiger partial charge in [0.2, 0.25) is 10.9 Å². The van der Waals surface area contributed by atoms with Crippen molar-refractivity contribution in [1.29, 1.82) is 0 Å². The Morgan fingerprint density at radius 1 is 1.18 bits per heavy atom. The number of pyridine rings is 1. The number of nitrogens with zero attached hydrogens (tertiary/aromatic N) is 1. The highest BCUT2D eigenvalue weighted by atomic mass is 35.5. The highest BCUT2D eigenvalue weighted by Crippen LogP contribution is 2.34. The molecule has 2 aromatic carbocycles. The summed E-state index contributed by atoms with van der Waals surface area (Å²) in [6, 6.07) is 8.48. The van der Waals surface area contributed by atoms with Gasteiger partial charge in [-0.05, 0) is 24.3 Å². The molecule has 2 N–H and O–H groups in total. The lowest BCUT2D eigenvalue weighted by atomic mass is 9.98. The summed E-state index contributed by atoms with van der Waals surface area (Å²) in [5, 5.41) is 0.460.